The van der Waals surface area contributed by atoms with Gasteiger partial charge >= 0.3 is 0 Å². The first-order valence-corrected chi connectivity index (χ1v) is 16.9. The van der Waals surface area contributed by atoms with E-state index < -0.39 is 28.5 Å². The smallest absolute Gasteiger partial charge is 0.264 e. The quantitative estimate of drug-likeness (QED) is 0.255. The lowest BCUT2D eigenvalue weighted by atomic mass is 9.95. The summed E-state index contributed by atoms with van der Waals surface area (Å²) in [6.07, 6.45) is 5.00. The molecule has 0 heterocycles. The number of sulfonamides is 1. The maximum Gasteiger partial charge on any atom is 0.264 e. The van der Waals surface area contributed by atoms with E-state index >= 15 is 0 Å². The van der Waals surface area contributed by atoms with Crippen molar-refractivity contribution in [1.82, 2.24) is 10.2 Å². The Morgan fingerprint density at radius 1 is 0.933 bits per heavy atom. The van der Waals surface area contributed by atoms with Gasteiger partial charge in [-0.3, -0.25) is 13.9 Å². The lowest BCUT2D eigenvalue weighted by Gasteiger charge is -2.33. The van der Waals surface area contributed by atoms with Crippen LogP contribution in [-0.4, -0.2) is 58.0 Å². The van der Waals surface area contributed by atoms with Crippen molar-refractivity contribution in [2.24, 2.45) is 0 Å². The molecule has 1 atom stereocenters. The van der Waals surface area contributed by atoms with Crippen LogP contribution in [0.2, 0.25) is 5.02 Å². The van der Waals surface area contributed by atoms with Gasteiger partial charge in [-0.15, -0.1) is 0 Å². The van der Waals surface area contributed by atoms with E-state index in [4.69, 9.17) is 21.1 Å². The van der Waals surface area contributed by atoms with Gasteiger partial charge in [0.25, 0.3) is 10.0 Å². The minimum absolute atomic E-state index is 0.0227. The molecule has 1 fully saturated rings. The number of methoxy groups -OCH3 is 2. The zero-order valence-corrected chi connectivity index (χ0v) is 28.1. The van der Waals surface area contributed by atoms with Crippen LogP contribution < -0.4 is 19.1 Å². The predicted molar refractivity (Wildman–Crippen MR) is 176 cm³/mol. The molecule has 3 aromatic rings. The van der Waals surface area contributed by atoms with Crippen molar-refractivity contribution < 1.29 is 27.5 Å². The molecule has 0 saturated heterocycles. The third-order valence-electron chi connectivity index (χ3n) is 8.13. The Bertz CT molecular complexity index is 1600. The highest BCUT2D eigenvalue weighted by atomic mass is 35.5. The monoisotopic (exact) mass is 655 g/mol. The number of anilines is 1. The van der Waals surface area contributed by atoms with Gasteiger partial charge in [-0.1, -0.05) is 55.1 Å². The molecule has 0 aromatic heterocycles. The maximum atomic E-state index is 14.3. The molecule has 1 aliphatic carbocycles. The van der Waals surface area contributed by atoms with E-state index in [1.54, 1.807) is 43.3 Å². The molecular weight excluding hydrogens is 614 g/mol. The number of hydrogen-bond donors (Lipinski definition) is 1. The fourth-order valence-electron chi connectivity index (χ4n) is 5.69. The highest BCUT2D eigenvalue weighted by Crippen LogP contribution is 2.33. The predicted octanol–water partition coefficient (Wildman–Crippen LogP) is 6.04. The molecule has 0 bridgehead atoms. The summed E-state index contributed by atoms with van der Waals surface area (Å²) in [6.45, 7) is 4.86. The van der Waals surface area contributed by atoms with Crippen molar-refractivity contribution in [3.05, 3.63) is 82.4 Å². The van der Waals surface area contributed by atoms with Gasteiger partial charge in [0.1, 0.15) is 12.6 Å². The lowest BCUT2D eigenvalue weighted by Crippen LogP contribution is -2.53. The van der Waals surface area contributed by atoms with Gasteiger partial charge in [-0.25, -0.2) is 8.42 Å². The highest BCUT2D eigenvalue weighted by Gasteiger charge is 2.34. The topological polar surface area (TPSA) is 105 Å². The van der Waals surface area contributed by atoms with Crippen molar-refractivity contribution >= 4 is 39.1 Å². The van der Waals surface area contributed by atoms with E-state index in [2.05, 4.69) is 5.32 Å². The van der Waals surface area contributed by atoms with E-state index in [9.17, 15) is 18.0 Å². The molecule has 0 spiro atoms. The molecule has 45 heavy (non-hydrogen) atoms. The number of nitrogens with one attached hydrogen (secondary N) is 1. The van der Waals surface area contributed by atoms with Crippen LogP contribution >= 0.6 is 11.6 Å². The summed E-state index contributed by atoms with van der Waals surface area (Å²) in [5.41, 5.74) is 2.63. The molecule has 242 valence electrons. The third-order valence-corrected chi connectivity index (χ3v) is 10.3. The Balaban J connectivity index is 1.74. The largest absolute Gasteiger partial charge is 0.493 e. The molecule has 0 unspecified atom stereocenters. The van der Waals surface area contributed by atoms with Crippen LogP contribution in [0.3, 0.4) is 0 Å². The van der Waals surface area contributed by atoms with Crippen molar-refractivity contribution in [2.45, 2.75) is 76.4 Å². The number of amides is 2. The van der Waals surface area contributed by atoms with E-state index in [0.717, 1.165) is 47.5 Å². The maximum absolute atomic E-state index is 14.3. The van der Waals surface area contributed by atoms with Gasteiger partial charge in [0.15, 0.2) is 11.5 Å². The number of ether oxygens (including phenoxy) is 2. The lowest BCUT2D eigenvalue weighted by molar-refractivity contribution is -0.139. The summed E-state index contributed by atoms with van der Waals surface area (Å²) in [4.78, 5) is 29.2. The minimum Gasteiger partial charge on any atom is -0.493 e. The second-order valence-electron chi connectivity index (χ2n) is 11.5. The fourth-order valence-corrected chi connectivity index (χ4v) is 7.30. The number of carbonyl (C=O) groups excluding carboxylic acids is 2. The van der Waals surface area contributed by atoms with Crippen molar-refractivity contribution in [3.8, 4) is 11.5 Å². The molecule has 9 nitrogen and oxygen atoms in total. The standard InChI is InChI=1S/C34H42ClN3O6S/c1-23-17-24(2)19-28(18-23)38(45(41,42)29-15-16-31(43-4)32(20-29)44-5)22-33(39)37(21-26-11-9-10-14-30(26)35)25(3)34(40)36-27-12-7-6-8-13-27/h9-11,14-20,25,27H,6-8,12-13,21-22H2,1-5H3,(H,36,40)/t25-/m1/s1. The van der Waals surface area contributed by atoms with Gasteiger partial charge in [0, 0.05) is 23.7 Å². The summed E-state index contributed by atoms with van der Waals surface area (Å²) in [5.74, 6) is -0.236. The average molecular weight is 656 g/mol. The van der Waals surface area contributed by atoms with Gasteiger partial charge < -0.3 is 19.7 Å². The minimum atomic E-state index is -4.30. The molecule has 11 heteroatoms. The first-order chi connectivity index (χ1) is 21.4. The van der Waals surface area contributed by atoms with Crippen molar-refractivity contribution in [1.29, 1.82) is 0 Å². The first-order valence-electron chi connectivity index (χ1n) is 15.1. The van der Waals surface area contributed by atoms with E-state index in [-0.39, 0.29) is 29.1 Å². The second kappa shape index (κ2) is 15.0. The van der Waals surface area contributed by atoms with Crippen LogP contribution in [0.4, 0.5) is 5.69 Å². The van der Waals surface area contributed by atoms with Crippen LogP contribution in [0, 0.1) is 13.8 Å². The van der Waals surface area contributed by atoms with E-state index in [0.29, 0.717) is 22.0 Å². The zero-order valence-electron chi connectivity index (χ0n) is 26.5. The van der Waals surface area contributed by atoms with Gasteiger partial charge in [-0.2, -0.15) is 0 Å². The Hall–Kier alpha value is -3.76. The molecule has 1 N–H and O–H groups in total. The molecule has 2 amide bonds. The van der Waals surface area contributed by atoms with Crippen molar-refractivity contribution in [2.75, 3.05) is 25.1 Å². The average Bonchev–Trinajstić information content (AvgIpc) is 3.02. The number of rotatable bonds is 12. The Morgan fingerprint density at radius 2 is 1.58 bits per heavy atom. The SMILES string of the molecule is COc1ccc(S(=O)(=O)N(CC(=O)N(Cc2ccccc2Cl)[C@H](C)C(=O)NC2CCCCC2)c2cc(C)cc(C)c2)cc1OC. The number of nitrogens with zero attached hydrogens (tertiary/aromatic N) is 2. The summed E-state index contributed by atoms with van der Waals surface area (Å²) in [6, 6.07) is 15.9. The highest BCUT2D eigenvalue weighted by molar-refractivity contribution is 7.92. The molecule has 4 rings (SSSR count). The van der Waals surface area contributed by atoms with Crippen molar-refractivity contribution in [3.63, 3.8) is 0 Å². The second-order valence-corrected chi connectivity index (χ2v) is 13.8. The number of aryl methyl sites for hydroxylation is 2. The Labute approximate surface area is 271 Å². The molecule has 0 radical (unpaired) electrons. The van der Waals surface area contributed by atoms with E-state index in [1.165, 1.54) is 37.3 Å². The zero-order chi connectivity index (χ0) is 32.7. The molecule has 1 aliphatic rings. The summed E-state index contributed by atoms with van der Waals surface area (Å²) < 4.78 is 40.4. The third kappa shape index (κ3) is 8.29. The normalized spacial score (nSPS) is 14.4. The van der Waals surface area contributed by atoms with Crippen LogP contribution in [0.15, 0.2) is 65.6 Å². The number of hydrogen-bond acceptors (Lipinski definition) is 6. The van der Waals surface area contributed by atoms with Gasteiger partial charge in [0.05, 0.1) is 24.8 Å². The number of carbonyl (C=O) groups is 2. The Kier molecular flexibility index (Phi) is 11.4. The Morgan fingerprint density at radius 3 is 2.20 bits per heavy atom. The molecule has 3 aromatic carbocycles. The number of halogens is 1. The summed E-state index contributed by atoms with van der Waals surface area (Å²) >= 11 is 6.49. The van der Waals surface area contributed by atoms with Crippen LogP contribution in [0.1, 0.15) is 55.7 Å². The van der Waals surface area contributed by atoms with Crippen LogP contribution in [0.25, 0.3) is 0 Å². The van der Waals surface area contributed by atoms with Gasteiger partial charge in [0.2, 0.25) is 11.8 Å². The summed E-state index contributed by atoms with van der Waals surface area (Å²) in [5, 5.41) is 3.55. The van der Waals surface area contributed by atoms with Gasteiger partial charge in [-0.05, 0) is 80.6 Å². The number of benzene rings is 3. The summed E-state index contributed by atoms with van der Waals surface area (Å²) in [7, 11) is -1.41. The van der Waals surface area contributed by atoms with E-state index in [1.807, 2.05) is 19.9 Å². The molecular formula is C34H42ClN3O6S. The molecule has 0 aliphatic heterocycles. The molecule has 1 saturated carbocycles. The van der Waals surface area contributed by atoms with Crippen LogP contribution in [0.5, 0.6) is 11.5 Å². The fraction of sp³-hybridized carbons (Fsp3) is 0.412. The van der Waals surface area contributed by atoms with Crippen LogP contribution in [-0.2, 0) is 26.2 Å². The first kappa shape index (κ1) is 34.1.